The fourth-order valence-corrected chi connectivity index (χ4v) is 3.85. The summed E-state index contributed by atoms with van der Waals surface area (Å²) in [6, 6.07) is 15.0. The summed E-state index contributed by atoms with van der Waals surface area (Å²) >= 11 is 9.91. The smallest absolute Gasteiger partial charge is 0.407 e. The summed E-state index contributed by atoms with van der Waals surface area (Å²) in [6.07, 6.45) is -0.535. The second kappa shape index (κ2) is 12.2. The van der Waals surface area contributed by atoms with E-state index in [2.05, 4.69) is 36.9 Å². The molecule has 2 amide bonds. The molecule has 8 nitrogen and oxygen atoms in total. The Morgan fingerprint density at radius 2 is 1.86 bits per heavy atom. The molecule has 35 heavy (non-hydrogen) atoms. The number of nitrogens with one attached hydrogen (secondary N) is 3. The Hall–Kier alpha value is -2.88. The highest BCUT2D eigenvalue weighted by atomic mass is 79.9. The lowest BCUT2D eigenvalue weighted by Crippen LogP contribution is -2.48. The van der Waals surface area contributed by atoms with Crippen LogP contribution in [0.2, 0.25) is 5.15 Å². The van der Waals surface area contributed by atoms with E-state index in [9.17, 15) is 9.59 Å². The molecule has 0 aliphatic carbocycles. The molecule has 186 valence electrons. The van der Waals surface area contributed by atoms with Crippen molar-refractivity contribution >= 4 is 61.8 Å². The number of ether oxygens (including phenoxy) is 2. The molecule has 10 heteroatoms. The van der Waals surface area contributed by atoms with Gasteiger partial charge in [-0.1, -0.05) is 57.9 Å². The number of rotatable bonds is 10. The van der Waals surface area contributed by atoms with Crippen LogP contribution >= 0.6 is 27.5 Å². The third-order valence-corrected chi connectivity index (χ3v) is 5.73. The monoisotopic (exact) mass is 562 g/mol. The lowest BCUT2D eigenvalue weighted by Gasteiger charge is -2.28. The predicted molar refractivity (Wildman–Crippen MR) is 142 cm³/mol. The number of amides is 2. The minimum absolute atomic E-state index is 0.106. The number of carbonyl (C=O) groups is 2. The third-order valence-electron chi connectivity index (χ3n) is 4.97. The van der Waals surface area contributed by atoms with E-state index >= 15 is 0 Å². The van der Waals surface area contributed by atoms with Crippen LogP contribution in [0.5, 0.6) is 0 Å². The number of nitrogens with zero attached hydrogens (tertiary/aromatic N) is 1. The first-order valence-electron chi connectivity index (χ1n) is 11.1. The lowest BCUT2D eigenvalue weighted by atomic mass is 10.1. The Bertz CT molecular complexity index is 1190. The number of aromatic nitrogens is 1. The topological polar surface area (TPSA) is 102 Å². The van der Waals surface area contributed by atoms with Crippen molar-refractivity contribution in [1.29, 1.82) is 0 Å². The zero-order valence-electron chi connectivity index (χ0n) is 19.8. The van der Waals surface area contributed by atoms with E-state index in [1.807, 2.05) is 69.3 Å². The molecule has 1 heterocycles. The van der Waals surface area contributed by atoms with Gasteiger partial charge in [-0.3, -0.25) is 4.79 Å². The number of carbonyl (C=O) groups excluding carboxylic acids is 2. The van der Waals surface area contributed by atoms with Gasteiger partial charge >= 0.3 is 6.09 Å². The number of anilines is 2. The molecular formula is C25H28BrClN4O4. The van der Waals surface area contributed by atoms with Gasteiger partial charge < -0.3 is 25.4 Å². The van der Waals surface area contributed by atoms with Crippen LogP contribution < -0.4 is 16.0 Å². The molecule has 2 aromatic carbocycles. The molecule has 0 aliphatic heterocycles. The summed E-state index contributed by atoms with van der Waals surface area (Å²) in [5.41, 5.74) is 1.77. The van der Waals surface area contributed by atoms with E-state index < -0.39 is 11.6 Å². The summed E-state index contributed by atoms with van der Waals surface area (Å²) < 4.78 is 11.4. The summed E-state index contributed by atoms with van der Waals surface area (Å²) in [5.74, 6) is -0.350. The van der Waals surface area contributed by atoms with Gasteiger partial charge in [0.2, 0.25) is 0 Å². The fourth-order valence-electron chi connectivity index (χ4n) is 3.27. The predicted octanol–water partition coefficient (Wildman–Crippen LogP) is 5.74. The second-order valence-corrected chi connectivity index (χ2v) is 9.70. The molecule has 0 spiro atoms. The van der Waals surface area contributed by atoms with E-state index in [-0.39, 0.29) is 24.3 Å². The Morgan fingerprint density at radius 1 is 1.11 bits per heavy atom. The van der Waals surface area contributed by atoms with Gasteiger partial charge in [0.1, 0.15) is 18.9 Å². The minimum atomic E-state index is -0.697. The van der Waals surface area contributed by atoms with E-state index in [1.165, 1.54) is 0 Å². The first kappa shape index (κ1) is 26.7. The van der Waals surface area contributed by atoms with Gasteiger partial charge in [0, 0.05) is 23.0 Å². The van der Waals surface area contributed by atoms with Crippen molar-refractivity contribution in [1.82, 2.24) is 10.3 Å². The van der Waals surface area contributed by atoms with Gasteiger partial charge in [0.05, 0.1) is 16.7 Å². The lowest BCUT2D eigenvalue weighted by molar-refractivity contribution is -0.120. The van der Waals surface area contributed by atoms with Crippen LogP contribution in [-0.4, -0.2) is 42.3 Å². The summed E-state index contributed by atoms with van der Waals surface area (Å²) in [7, 11) is 0. The maximum atomic E-state index is 12.4. The van der Waals surface area contributed by atoms with Crippen LogP contribution in [0.3, 0.4) is 0 Å². The highest BCUT2D eigenvalue weighted by molar-refractivity contribution is 9.10. The van der Waals surface area contributed by atoms with Crippen molar-refractivity contribution in [3.63, 3.8) is 0 Å². The Morgan fingerprint density at radius 3 is 2.57 bits per heavy atom. The van der Waals surface area contributed by atoms with Crippen LogP contribution in [0, 0.1) is 0 Å². The van der Waals surface area contributed by atoms with E-state index in [0.29, 0.717) is 30.0 Å². The van der Waals surface area contributed by atoms with Crippen LogP contribution in [0.4, 0.5) is 16.2 Å². The number of pyridine rings is 1. The van der Waals surface area contributed by atoms with E-state index in [4.69, 9.17) is 21.1 Å². The largest absolute Gasteiger partial charge is 0.445 e. The van der Waals surface area contributed by atoms with Crippen LogP contribution in [-0.2, 0) is 20.9 Å². The second-order valence-electron chi connectivity index (χ2n) is 8.42. The number of alkyl carbamates (subject to hydrolysis) is 1. The summed E-state index contributed by atoms with van der Waals surface area (Å²) in [5, 5.41) is 9.88. The van der Waals surface area contributed by atoms with E-state index in [1.54, 1.807) is 0 Å². The highest BCUT2D eigenvalue weighted by Gasteiger charge is 2.24. The SMILES string of the molecule is CCOCC(=O)Nc1c(Cl)nc2cc(Br)ccc2c1NCC(C)(C)NC(=O)OCc1ccccc1. The average Bonchev–Trinajstić information content (AvgIpc) is 2.81. The minimum Gasteiger partial charge on any atom is -0.445 e. The number of hydrogen-bond donors (Lipinski definition) is 3. The van der Waals surface area contributed by atoms with Gasteiger partial charge in [0.25, 0.3) is 5.91 Å². The number of halogens is 2. The molecule has 1 aromatic heterocycles. The molecule has 0 radical (unpaired) electrons. The molecule has 3 N–H and O–H groups in total. The zero-order chi connectivity index (χ0) is 25.4. The maximum absolute atomic E-state index is 12.4. The van der Waals surface area contributed by atoms with E-state index in [0.717, 1.165) is 15.4 Å². The quantitative estimate of drug-likeness (QED) is 0.272. The molecule has 0 saturated heterocycles. The highest BCUT2D eigenvalue weighted by Crippen LogP contribution is 2.37. The van der Waals surface area contributed by atoms with Crippen LogP contribution in [0.15, 0.2) is 53.0 Å². The average molecular weight is 564 g/mol. The number of fused-ring (bicyclic) bond motifs is 1. The molecule has 0 bridgehead atoms. The van der Waals surface area contributed by atoms with Crippen LogP contribution in [0.1, 0.15) is 26.3 Å². The maximum Gasteiger partial charge on any atom is 0.407 e. The van der Waals surface area contributed by atoms with Crippen LogP contribution in [0.25, 0.3) is 10.9 Å². The summed E-state index contributed by atoms with van der Waals surface area (Å²) in [6.45, 7) is 6.32. The molecule has 0 aliphatic rings. The first-order valence-corrected chi connectivity index (χ1v) is 12.2. The van der Waals surface area contributed by atoms with Gasteiger partial charge in [-0.25, -0.2) is 9.78 Å². The molecule has 0 unspecified atom stereocenters. The molecule has 3 rings (SSSR count). The standard InChI is InChI=1S/C25H28BrClN4O4/c1-4-34-14-20(32)30-22-21(18-11-10-17(26)12-19(18)29-23(22)27)28-15-25(2,3)31-24(33)35-13-16-8-6-5-7-9-16/h5-12H,4,13-15H2,1-3H3,(H,28,29)(H,30,32)(H,31,33). The number of hydrogen-bond acceptors (Lipinski definition) is 6. The van der Waals surface area contributed by atoms with Gasteiger partial charge in [-0.15, -0.1) is 0 Å². The molecule has 0 atom stereocenters. The fraction of sp³-hybridized carbons (Fsp3) is 0.320. The van der Waals surface area contributed by atoms with Crippen molar-refractivity contribution in [2.24, 2.45) is 0 Å². The molecular weight excluding hydrogens is 536 g/mol. The van der Waals surface area contributed by atoms with Crippen molar-refractivity contribution in [2.75, 3.05) is 30.4 Å². The molecule has 0 fully saturated rings. The Kier molecular flexibility index (Phi) is 9.31. The van der Waals surface area contributed by atoms with Crippen molar-refractivity contribution in [2.45, 2.75) is 32.9 Å². The zero-order valence-corrected chi connectivity index (χ0v) is 22.1. The Labute approximate surface area is 217 Å². The number of benzene rings is 2. The summed E-state index contributed by atoms with van der Waals surface area (Å²) in [4.78, 5) is 29.2. The van der Waals surface area contributed by atoms with Crippen molar-refractivity contribution in [3.8, 4) is 0 Å². The Balaban J connectivity index is 1.77. The molecule has 0 saturated carbocycles. The first-order chi connectivity index (χ1) is 16.7. The molecule has 3 aromatic rings. The van der Waals surface area contributed by atoms with Crippen molar-refractivity contribution in [3.05, 3.63) is 63.7 Å². The van der Waals surface area contributed by atoms with Gasteiger partial charge in [-0.05, 0) is 44.5 Å². The van der Waals surface area contributed by atoms with Gasteiger partial charge in [-0.2, -0.15) is 0 Å². The third kappa shape index (κ3) is 7.81. The van der Waals surface area contributed by atoms with Gasteiger partial charge in [0.15, 0.2) is 5.15 Å². The van der Waals surface area contributed by atoms with Crippen molar-refractivity contribution < 1.29 is 19.1 Å². The normalized spacial score (nSPS) is 11.2.